The van der Waals surface area contributed by atoms with E-state index in [1.54, 1.807) is 0 Å². The highest BCUT2D eigenvalue weighted by Crippen LogP contribution is 2.29. The standard InChI is InChI=1S/C16H31NO2/c1-3-13-7-5-6-8-16(13)19-12-15(17-4-2)14-9-10-18-11-14/h13-17H,3-12H2,1-2H3. The first-order chi connectivity index (χ1) is 9.35. The van der Waals surface area contributed by atoms with Crippen molar-refractivity contribution >= 4 is 0 Å². The van der Waals surface area contributed by atoms with Crippen LogP contribution in [0, 0.1) is 11.8 Å². The van der Waals surface area contributed by atoms with Gasteiger partial charge in [0.25, 0.3) is 0 Å². The molecule has 2 aliphatic rings. The summed E-state index contributed by atoms with van der Waals surface area (Å²) < 4.78 is 11.8. The van der Waals surface area contributed by atoms with Crippen molar-refractivity contribution in [2.45, 2.75) is 64.5 Å². The van der Waals surface area contributed by atoms with E-state index in [4.69, 9.17) is 9.47 Å². The molecule has 1 saturated carbocycles. The summed E-state index contributed by atoms with van der Waals surface area (Å²) in [6.07, 6.45) is 8.32. The molecule has 0 radical (unpaired) electrons. The molecule has 19 heavy (non-hydrogen) atoms. The van der Waals surface area contributed by atoms with Crippen molar-refractivity contribution in [3.05, 3.63) is 0 Å². The van der Waals surface area contributed by atoms with Gasteiger partial charge in [0.15, 0.2) is 0 Å². The predicted molar refractivity (Wildman–Crippen MR) is 78.4 cm³/mol. The third-order valence-electron chi connectivity index (χ3n) is 4.85. The largest absolute Gasteiger partial charge is 0.381 e. The summed E-state index contributed by atoms with van der Waals surface area (Å²) in [5.74, 6) is 1.43. The van der Waals surface area contributed by atoms with E-state index in [0.717, 1.165) is 32.3 Å². The van der Waals surface area contributed by atoms with E-state index < -0.39 is 0 Å². The van der Waals surface area contributed by atoms with Crippen molar-refractivity contribution in [3.63, 3.8) is 0 Å². The first kappa shape index (κ1) is 15.3. The fourth-order valence-corrected chi connectivity index (χ4v) is 3.58. The quantitative estimate of drug-likeness (QED) is 0.771. The van der Waals surface area contributed by atoms with Gasteiger partial charge >= 0.3 is 0 Å². The normalized spacial score (nSPS) is 33.5. The highest BCUT2D eigenvalue weighted by atomic mass is 16.5. The molecular formula is C16H31NO2. The van der Waals surface area contributed by atoms with Gasteiger partial charge in [0, 0.05) is 18.6 Å². The molecule has 1 aliphatic heterocycles. The number of hydrogen-bond acceptors (Lipinski definition) is 3. The summed E-state index contributed by atoms with van der Waals surface area (Å²) in [6, 6.07) is 0.479. The Morgan fingerprint density at radius 1 is 1.21 bits per heavy atom. The van der Waals surface area contributed by atoms with Crippen molar-refractivity contribution in [1.82, 2.24) is 5.32 Å². The molecule has 1 heterocycles. The zero-order chi connectivity index (χ0) is 13.5. The van der Waals surface area contributed by atoms with Crippen LogP contribution in [0.25, 0.3) is 0 Å². The molecule has 1 aliphatic carbocycles. The number of rotatable bonds is 7. The molecule has 0 bridgehead atoms. The molecule has 2 fully saturated rings. The van der Waals surface area contributed by atoms with Gasteiger partial charge in [0.2, 0.25) is 0 Å². The first-order valence-electron chi connectivity index (χ1n) is 8.27. The van der Waals surface area contributed by atoms with Gasteiger partial charge < -0.3 is 14.8 Å². The van der Waals surface area contributed by atoms with Gasteiger partial charge in [-0.1, -0.05) is 33.1 Å². The van der Waals surface area contributed by atoms with E-state index >= 15 is 0 Å². The molecule has 1 saturated heterocycles. The minimum atomic E-state index is 0.479. The van der Waals surface area contributed by atoms with Crippen LogP contribution in [0.1, 0.15) is 52.4 Å². The molecule has 0 aromatic rings. The molecule has 112 valence electrons. The van der Waals surface area contributed by atoms with Crippen LogP contribution in [-0.4, -0.2) is 38.5 Å². The molecule has 0 aromatic heterocycles. The highest BCUT2D eigenvalue weighted by molar-refractivity contribution is 4.81. The maximum Gasteiger partial charge on any atom is 0.0627 e. The number of likely N-dealkylation sites (N-methyl/N-ethyl adjacent to an activating group) is 1. The van der Waals surface area contributed by atoms with Crippen LogP contribution in [0.15, 0.2) is 0 Å². The molecule has 3 heteroatoms. The number of nitrogens with one attached hydrogen (secondary N) is 1. The molecule has 0 spiro atoms. The third-order valence-corrected chi connectivity index (χ3v) is 4.85. The average Bonchev–Trinajstić information content (AvgIpc) is 2.97. The van der Waals surface area contributed by atoms with Crippen LogP contribution >= 0.6 is 0 Å². The van der Waals surface area contributed by atoms with E-state index in [0.29, 0.717) is 18.1 Å². The maximum atomic E-state index is 6.30. The van der Waals surface area contributed by atoms with Crippen LogP contribution in [0.5, 0.6) is 0 Å². The fraction of sp³-hybridized carbons (Fsp3) is 1.00. The highest BCUT2D eigenvalue weighted by Gasteiger charge is 2.29. The Hall–Kier alpha value is -0.120. The summed E-state index contributed by atoms with van der Waals surface area (Å²) in [6.45, 7) is 8.20. The maximum absolute atomic E-state index is 6.30. The SMILES string of the molecule is CCNC(COC1CCCCC1CC)C1CCOC1. The summed E-state index contributed by atoms with van der Waals surface area (Å²) in [7, 11) is 0. The molecule has 1 N–H and O–H groups in total. The van der Waals surface area contributed by atoms with E-state index in [2.05, 4.69) is 19.2 Å². The lowest BCUT2D eigenvalue weighted by molar-refractivity contribution is -0.0281. The average molecular weight is 269 g/mol. The van der Waals surface area contributed by atoms with E-state index in [1.165, 1.54) is 38.5 Å². The lowest BCUT2D eigenvalue weighted by Crippen LogP contribution is -2.42. The Kier molecular flexibility index (Phi) is 6.62. The Morgan fingerprint density at radius 3 is 2.74 bits per heavy atom. The van der Waals surface area contributed by atoms with Gasteiger partial charge in [-0.05, 0) is 31.7 Å². The molecule has 2 rings (SSSR count). The van der Waals surface area contributed by atoms with Gasteiger partial charge in [0.1, 0.15) is 0 Å². The van der Waals surface area contributed by atoms with Crippen molar-refractivity contribution in [3.8, 4) is 0 Å². The lowest BCUT2D eigenvalue weighted by Gasteiger charge is -2.33. The van der Waals surface area contributed by atoms with Gasteiger partial charge in [-0.15, -0.1) is 0 Å². The minimum Gasteiger partial charge on any atom is -0.381 e. The third kappa shape index (κ3) is 4.44. The summed E-state index contributed by atoms with van der Waals surface area (Å²) in [5, 5.41) is 3.59. The Bertz CT molecular complexity index is 241. The first-order valence-corrected chi connectivity index (χ1v) is 8.27. The Labute approximate surface area is 118 Å². The topological polar surface area (TPSA) is 30.5 Å². The van der Waals surface area contributed by atoms with Gasteiger partial charge in [-0.3, -0.25) is 0 Å². The van der Waals surface area contributed by atoms with Crippen LogP contribution < -0.4 is 5.32 Å². The van der Waals surface area contributed by atoms with Gasteiger partial charge in [-0.2, -0.15) is 0 Å². The predicted octanol–water partition coefficient (Wildman–Crippen LogP) is 2.99. The molecular weight excluding hydrogens is 238 g/mol. The molecule has 3 nitrogen and oxygen atoms in total. The number of ether oxygens (including phenoxy) is 2. The molecule has 4 atom stereocenters. The summed E-state index contributed by atoms with van der Waals surface area (Å²) in [4.78, 5) is 0. The van der Waals surface area contributed by atoms with Crippen LogP contribution in [0.2, 0.25) is 0 Å². The Morgan fingerprint density at radius 2 is 2.05 bits per heavy atom. The molecule has 0 aromatic carbocycles. The van der Waals surface area contributed by atoms with Gasteiger partial charge in [0.05, 0.1) is 19.3 Å². The van der Waals surface area contributed by atoms with Crippen molar-refractivity contribution in [2.24, 2.45) is 11.8 Å². The second-order valence-corrected chi connectivity index (χ2v) is 6.11. The van der Waals surface area contributed by atoms with Crippen molar-refractivity contribution in [2.75, 3.05) is 26.4 Å². The number of hydrogen-bond donors (Lipinski definition) is 1. The second-order valence-electron chi connectivity index (χ2n) is 6.11. The Balaban J connectivity index is 1.79. The zero-order valence-corrected chi connectivity index (χ0v) is 12.7. The van der Waals surface area contributed by atoms with E-state index in [-0.39, 0.29) is 0 Å². The second kappa shape index (κ2) is 8.23. The van der Waals surface area contributed by atoms with Gasteiger partial charge in [-0.25, -0.2) is 0 Å². The fourth-order valence-electron chi connectivity index (χ4n) is 3.58. The smallest absolute Gasteiger partial charge is 0.0627 e. The van der Waals surface area contributed by atoms with Crippen LogP contribution in [0.4, 0.5) is 0 Å². The van der Waals surface area contributed by atoms with E-state index in [1.807, 2.05) is 0 Å². The minimum absolute atomic E-state index is 0.479. The molecule has 0 amide bonds. The molecule has 4 unspecified atom stereocenters. The monoisotopic (exact) mass is 269 g/mol. The van der Waals surface area contributed by atoms with Crippen LogP contribution in [-0.2, 0) is 9.47 Å². The lowest BCUT2D eigenvalue weighted by atomic mass is 9.84. The zero-order valence-electron chi connectivity index (χ0n) is 12.7. The van der Waals surface area contributed by atoms with Crippen molar-refractivity contribution < 1.29 is 9.47 Å². The van der Waals surface area contributed by atoms with E-state index in [9.17, 15) is 0 Å². The summed E-state index contributed by atoms with van der Waals surface area (Å²) in [5.41, 5.74) is 0. The van der Waals surface area contributed by atoms with Crippen LogP contribution in [0.3, 0.4) is 0 Å². The van der Waals surface area contributed by atoms with Crippen molar-refractivity contribution in [1.29, 1.82) is 0 Å². The summed E-state index contributed by atoms with van der Waals surface area (Å²) >= 11 is 0.